The van der Waals surface area contributed by atoms with E-state index in [1.807, 2.05) is 0 Å². The van der Waals surface area contributed by atoms with Crippen LogP contribution in [0.15, 0.2) is 46.0 Å². The number of amidine groups is 1. The summed E-state index contributed by atoms with van der Waals surface area (Å²) in [4.78, 5) is 20.4. The summed E-state index contributed by atoms with van der Waals surface area (Å²) in [6.07, 6.45) is 6.15. The summed E-state index contributed by atoms with van der Waals surface area (Å²) in [5, 5.41) is 3.93. The predicted octanol–water partition coefficient (Wildman–Crippen LogP) is 2.30. The van der Waals surface area contributed by atoms with Crippen molar-refractivity contribution in [2.24, 2.45) is 27.4 Å². The lowest BCUT2D eigenvalue weighted by Gasteiger charge is -2.29. The predicted molar refractivity (Wildman–Crippen MR) is 101 cm³/mol. The second-order valence-corrected chi connectivity index (χ2v) is 6.80. The van der Waals surface area contributed by atoms with Crippen LogP contribution in [-0.2, 0) is 4.79 Å². The Morgan fingerprint density at radius 1 is 1.24 bits per heavy atom. The smallest absolute Gasteiger partial charge is 0.253 e. The van der Waals surface area contributed by atoms with Crippen molar-refractivity contribution in [3.8, 4) is 0 Å². The quantitative estimate of drug-likeness (QED) is 0.412. The maximum absolute atomic E-state index is 11.8. The number of benzene rings is 1. The SMILES string of the molecule is NC(=O)/C(=C/N[C@H]1CCCC[C@@H]1C1=NC1)C(N)=Nc1ccc(Cl)cc1. The minimum atomic E-state index is -0.612. The van der Waals surface area contributed by atoms with Gasteiger partial charge in [-0.3, -0.25) is 9.79 Å². The van der Waals surface area contributed by atoms with Crippen LogP contribution in [0.4, 0.5) is 5.69 Å². The lowest BCUT2D eigenvalue weighted by molar-refractivity contribution is -0.114. The van der Waals surface area contributed by atoms with E-state index in [4.69, 9.17) is 23.1 Å². The second-order valence-electron chi connectivity index (χ2n) is 6.37. The fraction of sp³-hybridized carbons (Fsp3) is 0.389. The molecule has 0 aromatic heterocycles. The normalized spacial score (nSPS) is 23.8. The molecule has 5 N–H and O–H groups in total. The molecule has 6 nitrogen and oxygen atoms in total. The Morgan fingerprint density at radius 3 is 2.56 bits per heavy atom. The molecule has 1 aliphatic carbocycles. The summed E-state index contributed by atoms with van der Waals surface area (Å²) < 4.78 is 0. The number of carbonyl (C=O) groups excluding carboxylic acids is 1. The summed E-state index contributed by atoms with van der Waals surface area (Å²) in [7, 11) is 0. The van der Waals surface area contributed by atoms with E-state index in [1.54, 1.807) is 30.5 Å². The van der Waals surface area contributed by atoms with Gasteiger partial charge in [0.15, 0.2) is 0 Å². The summed E-state index contributed by atoms with van der Waals surface area (Å²) >= 11 is 5.86. The zero-order valence-electron chi connectivity index (χ0n) is 13.9. The molecule has 0 bridgehead atoms. The van der Waals surface area contributed by atoms with Crippen LogP contribution in [0.5, 0.6) is 0 Å². The van der Waals surface area contributed by atoms with Crippen LogP contribution in [-0.4, -0.2) is 30.0 Å². The molecule has 132 valence electrons. The third-order valence-corrected chi connectivity index (χ3v) is 4.85. The molecule has 0 spiro atoms. The fourth-order valence-corrected chi connectivity index (χ4v) is 3.31. The van der Waals surface area contributed by atoms with Gasteiger partial charge in [0.25, 0.3) is 5.91 Å². The molecule has 7 heteroatoms. The first-order valence-corrected chi connectivity index (χ1v) is 8.81. The third-order valence-electron chi connectivity index (χ3n) is 4.59. The first-order chi connectivity index (χ1) is 12.0. The monoisotopic (exact) mass is 359 g/mol. The average molecular weight is 360 g/mol. The van der Waals surface area contributed by atoms with Crippen LogP contribution < -0.4 is 16.8 Å². The van der Waals surface area contributed by atoms with Crippen molar-refractivity contribution in [3.05, 3.63) is 41.1 Å². The van der Waals surface area contributed by atoms with Gasteiger partial charge in [0.2, 0.25) is 0 Å². The van der Waals surface area contributed by atoms with Crippen LogP contribution in [0.25, 0.3) is 0 Å². The number of nitrogens with one attached hydrogen (secondary N) is 1. The number of nitrogens with two attached hydrogens (primary N) is 2. The molecule has 0 unspecified atom stereocenters. The number of aliphatic imine (C=N–C) groups is 2. The fourth-order valence-electron chi connectivity index (χ4n) is 3.19. The molecule has 3 rings (SSSR count). The van der Waals surface area contributed by atoms with Crippen molar-refractivity contribution in [1.29, 1.82) is 0 Å². The number of carbonyl (C=O) groups is 1. The van der Waals surface area contributed by atoms with Gasteiger partial charge in [-0.05, 0) is 37.1 Å². The summed E-state index contributed by atoms with van der Waals surface area (Å²) in [6.45, 7) is 0.870. The number of primary amides is 1. The molecular weight excluding hydrogens is 338 g/mol. The van der Waals surface area contributed by atoms with Crippen LogP contribution in [0.1, 0.15) is 25.7 Å². The Balaban J connectivity index is 1.75. The molecule has 1 aliphatic heterocycles. The number of amides is 1. The maximum Gasteiger partial charge on any atom is 0.253 e. The van der Waals surface area contributed by atoms with Crippen molar-refractivity contribution in [2.75, 3.05) is 6.54 Å². The minimum Gasteiger partial charge on any atom is -0.387 e. The van der Waals surface area contributed by atoms with Crippen molar-refractivity contribution in [2.45, 2.75) is 31.7 Å². The minimum absolute atomic E-state index is 0.0819. The second kappa shape index (κ2) is 7.70. The van der Waals surface area contributed by atoms with E-state index in [2.05, 4.69) is 15.3 Å². The van der Waals surface area contributed by atoms with E-state index in [0.717, 1.165) is 25.8 Å². The number of nitrogens with zero attached hydrogens (tertiary/aromatic N) is 2. The maximum atomic E-state index is 11.8. The average Bonchev–Trinajstić information content (AvgIpc) is 3.42. The molecule has 2 atom stereocenters. The number of halogens is 1. The van der Waals surface area contributed by atoms with Crippen LogP contribution >= 0.6 is 11.6 Å². The van der Waals surface area contributed by atoms with Gasteiger partial charge in [-0.2, -0.15) is 0 Å². The van der Waals surface area contributed by atoms with E-state index < -0.39 is 5.91 Å². The Morgan fingerprint density at radius 2 is 1.92 bits per heavy atom. The van der Waals surface area contributed by atoms with Gasteiger partial charge >= 0.3 is 0 Å². The molecule has 1 amide bonds. The van der Waals surface area contributed by atoms with Crippen molar-refractivity contribution in [3.63, 3.8) is 0 Å². The Bertz CT molecular complexity index is 738. The van der Waals surface area contributed by atoms with Crippen molar-refractivity contribution >= 4 is 34.7 Å². The van der Waals surface area contributed by atoms with Gasteiger partial charge < -0.3 is 16.8 Å². The molecule has 1 heterocycles. The largest absolute Gasteiger partial charge is 0.387 e. The Labute approximate surface area is 152 Å². The van der Waals surface area contributed by atoms with Crippen molar-refractivity contribution < 1.29 is 4.79 Å². The van der Waals surface area contributed by atoms with E-state index in [9.17, 15) is 4.79 Å². The van der Waals surface area contributed by atoms with Crippen LogP contribution in [0.2, 0.25) is 5.02 Å². The third kappa shape index (κ3) is 4.60. The first kappa shape index (κ1) is 17.5. The summed E-state index contributed by atoms with van der Waals surface area (Å²) in [6, 6.07) is 7.13. The molecule has 0 saturated heterocycles. The molecule has 1 aromatic carbocycles. The van der Waals surface area contributed by atoms with Gasteiger partial charge in [0.1, 0.15) is 5.84 Å². The Hall–Kier alpha value is -2.34. The number of rotatable bonds is 6. The molecule has 0 radical (unpaired) electrons. The van der Waals surface area contributed by atoms with Gasteiger partial charge in [-0.15, -0.1) is 0 Å². The highest BCUT2D eigenvalue weighted by Gasteiger charge is 2.32. The topological polar surface area (TPSA) is 106 Å². The number of hydrogen-bond acceptors (Lipinski definition) is 4. The van der Waals surface area contributed by atoms with Crippen LogP contribution in [0, 0.1) is 5.92 Å². The summed E-state index contributed by atoms with van der Waals surface area (Å²) in [5.41, 5.74) is 13.5. The number of hydrogen-bond donors (Lipinski definition) is 3. The highest BCUT2D eigenvalue weighted by atomic mass is 35.5. The van der Waals surface area contributed by atoms with Crippen LogP contribution in [0.3, 0.4) is 0 Å². The van der Waals surface area contributed by atoms with Gasteiger partial charge in [-0.1, -0.05) is 24.4 Å². The lowest BCUT2D eigenvalue weighted by Crippen LogP contribution is -2.39. The highest BCUT2D eigenvalue weighted by Crippen LogP contribution is 2.29. The Kier molecular flexibility index (Phi) is 5.38. The molecule has 25 heavy (non-hydrogen) atoms. The molecule has 1 aromatic rings. The van der Waals surface area contributed by atoms with E-state index in [0.29, 0.717) is 16.6 Å². The lowest BCUT2D eigenvalue weighted by atomic mass is 9.83. The standard InChI is InChI=1S/C18H22ClN5O/c19-11-5-7-12(8-6-11)24-17(20)14(18(21)25)9-22-15-4-2-1-3-13(15)16-10-23-16/h5-9,13,15,22H,1-4,10H2,(H2,20,24)(H2,21,25)/b14-9+/t13-,15-/m0/s1. The zero-order valence-corrected chi connectivity index (χ0v) is 14.7. The van der Waals surface area contributed by atoms with Gasteiger partial charge in [0.05, 0.1) is 17.8 Å². The zero-order chi connectivity index (χ0) is 17.8. The molecule has 1 fully saturated rings. The summed E-state index contributed by atoms with van der Waals surface area (Å²) in [5.74, 6) is -0.0918. The molecule has 1 saturated carbocycles. The van der Waals surface area contributed by atoms with E-state index in [-0.39, 0.29) is 17.5 Å². The van der Waals surface area contributed by atoms with Crippen molar-refractivity contribution in [1.82, 2.24) is 5.32 Å². The van der Waals surface area contributed by atoms with Gasteiger partial charge in [0, 0.05) is 28.9 Å². The molecule has 2 aliphatic rings. The van der Waals surface area contributed by atoms with Gasteiger partial charge in [-0.25, -0.2) is 4.99 Å². The highest BCUT2D eigenvalue weighted by molar-refractivity contribution is 6.30. The van der Waals surface area contributed by atoms with E-state index >= 15 is 0 Å². The first-order valence-electron chi connectivity index (χ1n) is 8.44. The molecular formula is C18H22ClN5O. The van der Waals surface area contributed by atoms with E-state index in [1.165, 1.54) is 12.1 Å².